The molecule has 2 fully saturated rings. The van der Waals surface area contributed by atoms with Gasteiger partial charge in [-0.25, -0.2) is 9.97 Å². The molecule has 0 amide bonds. The number of nitrogens with two attached hydrogens (primary N) is 1. The van der Waals surface area contributed by atoms with Crippen molar-refractivity contribution in [3.05, 3.63) is 18.1 Å². The van der Waals surface area contributed by atoms with Crippen LogP contribution in [0.5, 0.6) is 0 Å². The minimum atomic E-state index is 0.354. The van der Waals surface area contributed by atoms with Crippen LogP contribution in [0.1, 0.15) is 24.5 Å². The van der Waals surface area contributed by atoms with E-state index in [2.05, 4.69) is 26.3 Å². The molecular formula is C14H23N5O. The predicted molar refractivity (Wildman–Crippen MR) is 77.7 cm³/mol. The third kappa shape index (κ3) is 3.45. The van der Waals surface area contributed by atoms with Crippen LogP contribution >= 0.6 is 0 Å². The molecule has 0 atom stereocenters. The summed E-state index contributed by atoms with van der Waals surface area (Å²) in [7, 11) is 0. The highest BCUT2D eigenvalue weighted by Crippen LogP contribution is 2.34. The Morgan fingerprint density at radius 1 is 1.30 bits per heavy atom. The summed E-state index contributed by atoms with van der Waals surface area (Å²) in [5.41, 5.74) is 6.95. The highest BCUT2D eigenvalue weighted by molar-refractivity contribution is 5.36. The molecule has 1 aliphatic carbocycles. The Morgan fingerprint density at radius 3 is 2.85 bits per heavy atom. The zero-order valence-electron chi connectivity index (χ0n) is 11.8. The summed E-state index contributed by atoms with van der Waals surface area (Å²) in [6, 6.07) is 2.42. The van der Waals surface area contributed by atoms with Gasteiger partial charge in [-0.1, -0.05) is 0 Å². The molecule has 0 radical (unpaired) electrons. The van der Waals surface area contributed by atoms with Gasteiger partial charge in [0.15, 0.2) is 0 Å². The first-order chi connectivity index (χ1) is 9.81. The Morgan fingerprint density at radius 2 is 2.10 bits per heavy atom. The van der Waals surface area contributed by atoms with Crippen LogP contribution in [-0.2, 0) is 4.74 Å². The van der Waals surface area contributed by atoms with Crippen molar-refractivity contribution in [1.82, 2.24) is 14.9 Å². The third-order valence-corrected chi connectivity index (χ3v) is 4.12. The lowest BCUT2D eigenvalue weighted by Gasteiger charge is -2.31. The Kier molecular flexibility index (Phi) is 4.44. The van der Waals surface area contributed by atoms with Crippen molar-refractivity contribution in [3.8, 4) is 0 Å². The summed E-state index contributed by atoms with van der Waals surface area (Å²) < 4.78 is 5.34. The minimum absolute atomic E-state index is 0.354. The van der Waals surface area contributed by atoms with Crippen molar-refractivity contribution in [2.24, 2.45) is 5.73 Å². The van der Waals surface area contributed by atoms with Gasteiger partial charge in [-0.05, 0) is 12.8 Å². The van der Waals surface area contributed by atoms with Gasteiger partial charge in [0.05, 0.1) is 13.2 Å². The van der Waals surface area contributed by atoms with Gasteiger partial charge in [-0.15, -0.1) is 0 Å². The molecule has 6 nitrogen and oxygen atoms in total. The van der Waals surface area contributed by atoms with E-state index < -0.39 is 0 Å². The average molecular weight is 277 g/mol. The van der Waals surface area contributed by atoms with Crippen molar-refractivity contribution in [2.45, 2.75) is 24.8 Å². The lowest BCUT2D eigenvalue weighted by molar-refractivity contribution is 0.0398. The molecule has 0 unspecified atom stereocenters. The molecular weight excluding hydrogens is 254 g/mol. The van der Waals surface area contributed by atoms with Gasteiger partial charge >= 0.3 is 0 Å². The number of aromatic nitrogens is 2. The second kappa shape index (κ2) is 6.47. The standard InChI is InChI=1S/C14H23N5O/c15-12-7-11(8-12)13-9-14(18-10-17-13)16-1-2-19-3-5-20-6-4-19/h9-12H,1-8,15H2,(H,16,17,18). The Hall–Kier alpha value is -1.24. The number of nitrogens with one attached hydrogen (secondary N) is 1. The fourth-order valence-electron chi connectivity index (χ4n) is 2.76. The van der Waals surface area contributed by atoms with Crippen LogP contribution in [0.25, 0.3) is 0 Å². The molecule has 0 bridgehead atoms. The van der Waals surface area contributed by atoms with Gasteiger partial charge in [-0.2, -0.15) is 0 Å². The molecule has 6 heteroatoms. The minimum Gasteiger partial charge on any atom is -0.379 e. The smallest absolute Gasteiger partial charge is 0.129 e. The molecule has 1 aliphatic heterocycles. The first-order valence-corrected chi connectivity index (χ1v) is 7.43. The fraction of sp³-hybridized carbons (Fsp3) is 0.714. The average Bonchev–Trinajstić information content (AvgIpc) is 2.45. The lowest BCUT2D eigenvalue weighted by atomic mass is 9.79. The van der Waals surface area contributed by atoms with Gasteiger partial charge in [0.1, 0.15) is 12.1 Å². The highest BCUT2D eigenvalue weighted by Gasteiger charge is 2.28. The summed E-state index contributed by atoms with van der Waals surface area (Å²) in [4.78, 5) is 11.1. The van der Waals surface area contributed by atoms with Crippen LogP contribution < -0.4 is 11.1 Å². The quantitative estimate of drug-likeness (QED) is 0.812. The van der Waals surface area contributed by atoms with Crippen molar-refractivity contribution in [3.63, 3.8) is 0 Å². The maximum atomic E-state index is 5.83. The van der Waals surface area contributed by atoms with E-state index in [4.69, 9.17) is 10.5 Å². The van der Waals surface area contributed by atoms with Gasteiger partial charge in [0, 0.05) is 49.9 Å². The van der Waals surface area contributed by atoms with E-state index in [1.807, 2.05) is 0 Å². The first-order valence-electron chi connectivity index (χ1n) is 7.43. The summed E-state index contributed by atoms with van der Waals surface area (Å²) in [6.45, 7) is 5.67. The van der Waals surface area contributed by atoms with E-state index >= 15 is 0 Å². The van der Waals surface area contributed by atoms with E-state index in [9.17, 15) is 0 Å². The zero-order valence-corrected chi connectivity index (χ0v) is 11.8. The van der Waals surface area contributed by atoms with E-state index in [1.165, 1.54) is 0 Å². The normalized spacial score (nSPS) is 27.1. The second-order valence-electron chi connectivity index (χ2n) is 5.64. The molecule has 2 aliphatic rings. The van der Waals surface area contributed by atoms with Crippen molar-refractivity contribution in [2.75, 3.05) is 44.7 Å². The van der Waals surface area contributed by atoms with E-state index in [0.29, 0.717) is 12.0 Å². The van der Waals surface area contributed by atoms with Crippen LogP contribution in [-0.4, -0.2) is 60.3 Å². The molecule has 0 spiro atoms. The third-order valence-electron chi connectivity index (χ3n) is 4.12. The van der Waals surface area contributed by atoms with E-state index in [1.54, 1.807) is 6.33 Å². The molecule has 0 aromatic carbocycles. The van der Waals surface area contributed by atoms with Gasteiger partial charge in [0.2, 0.25) is 0 Å². The molecule has 1 saturated carbocycles. The van der Waals surface area contributed by atoms with Gasteiger partial charge in [0.25, 0.3) is 0 Å². The number of anilines is 1. The number of hydrogen-bond acceptors (Lipinski definition) is 6. The number of rotatable bonds is 5. The van der Waals surface area contributed by atoms with Crippen LogP contribution in [0.15, 0.2) is 12.4 Å². The van der Waals surface area contributed by atoms with Crippen LogP contribution in [0.3, 0.4) is 0 Å². The molecule has 1 aromatic rings. The van der Waals surface area contributed by atoms with Crippen molar-refractivity contribution >= 4 is 5.82 Å². The monoisotopic (exact) mass is 277 g/mol. The Balaban J connectivity index is 1.46. The fourth-order valence-corrected chi connectivity index (χ4v) is 2.76. The predicted octanol–water partition coefficient (Wildman–Crippen LogP) is 0.425. The van der Waals surface area contributed by atoms with Gasteiger partial charge < -0.3 is 15.8 Å². The maximum absolute atomic E-state index is 5.83. The van der Waals surface area contributed by atoms with E-state index in [-0.39, 0.29) is 0 Å². The largest absolute Gasteiger partial charge is 0.379 e. The lowest BCUT2D eigenvalue weighted by Crippen LogP contribution is -2.39. The summed E-state index contributed by atoms with van der Waals surface area (Å²) in [5, 5.41) is 3.38. The number of morpholine rings is 1. The molecule has 3 N–H and O–H groups in total. The van der Waals surface area contributed by atoms with Crippen LogP contribution in [0, 0.1) is 0 Å². The number of ether oxygens (including phenoxy) is 1. The topological polar surface area (TPSA) is 76.3 Å². The summed E-state index contributed by atoms with van der Waals surface area (Å²) in [6.07, 6.45) is 3.74. The highest BCUT2D eigenvalue weighted by atomic mass is 16.5. The van der Waals surface area contributed by atoms with Crippen molar-refractivity contribution < 1.29 is 4.74 Å². The van der Waals surface area contributed by atoms with E-state index in [0.717, 1.165) is 63.7 Å². The Labute approximate surface area is 119 Å². The molecule has 110 valence electrons. The molecule has 2 heterocycles. The van der Waals surface area contributed by atoms with Crippen LogP contribution in [0.2, 0.25) is 0 Å². The van der Waals surface area contributed by atoms with Crippen molar-refractivity contribution in [1.29, 1.82) is 0 Å². The molecule has 20 heavy (non-hydrogen) atoms. The molecule has 1 saturated heterocycles. The number of nitrogens with zero attached hydrogens (tertiary/aromatic N) is 3. The SMILES string of the molecule is NC1CC(c2cc(NCCN3CCOCC3)ncn2)C1. The second-order valence-corrected chi connectivity index (χ2v) is 5.64. The van der Waals surface area contributed by atoms with Gasteiger partial charge in [-0.3, -0.25) is 4.90 Å². The number of hydrogen-bond donors (Lipinski definition) is 2. The molecule has 1 aromatic heterocycles. The van der Waals surface area contributed by atoms with Crippen LogP contribution in [0.4, 0.5) is 5.82 Å². The zero-order chi connectivity index (χ0) is 13.8. The Bertz CT molecular complexity index is 429. The molecule has 3 rings (SSSR count). The summed E-state index contributed by atoms with van der Waals surface area (Å²) in [5.74, 6) is 1.44. The maximum Gasteiger partial charge on any atom is 0.129 e. The first kappa shape index (κ1) is 13.7. The summed E-state index contributed by atoms with van der Waals surface area (Å²) >= 11 is 0.